The summed E-state index contributed by atoms with van der Waals surface area (Å²) in [6, 6.07) is 17.8. The van der Waals surface area contributed by atoms with E-state index in [-0.39, 0.29) is 5.91 Å². The molecule has 0 spiro atoms. The van der Waals surface area contributed by atoms with Crippen LogP contribution in [0.1, 0.15) is 10.4 Å². The molecule has 3 rings (SSSR count). The van der Waals surface area contributed by atoms with Crippen molar-refractivity contribution in [1.82, 2.24) is 9.97 Å². The lowest BCUT2D eigenvalue weighted by Gasteiger charge is -2.20. The van der Waals surface area contributed by atoms with Crippen LogP contribution < -0.4 is 9.64 Å². The molecule has 0 aliphatic rings. The van der Waals surface area contributed by atoms with Gasteiger partial charge in [0, 0.05) is 18.0 Å². The van der Waals surface area contributed by atoms with Crippen LogP contribution in [0, 0.1) is 0 Å². The van der Waals surface area contributed by atoms with E-state index in [1.807, 2.05) is 12.1 Å². The van der Waals surface area contributed by atoms with E-state index in [0.717, 1.165) is 0 Å². The average molecular weight is 305 g/mol. The van der Waals surface area contributed by atoms with E-state index in [2.05, 4.69) is 9.97 Å². The number of rotatable bonds is 4. The summed E-state index contributed by atoms with van der Waals surface area (Å²) in [5.41, 5.74) is 0.501. The number of carbonyl (C=O) groups is 1. The van der Waals surface area contributed by atoms with Gasteiger partial charge in [0.2, 0.25) is 0 Å². The van der Waals surface area contributed by atoms with Crippen LogP contribution in [0.3, 0.4) is 0 Å². The average Bonchev–Trinajstić information content (AvgIpc) is 2.64. The van der Waals surface area contributed by atoms with Crippen molar-refractivity contribution in [3.05, 3.63) is 78.6 Å². The highest BCUT2D eigenvalue weighted by Gasteiger charge is 2.22. The first-order valence-corrected chi connectivity index (χ1v) is 7.10. The third kappa shape index (κ3) is 3.18. The number of ether oxygens (including phenoxy) is 1. The van der Waals surface area contributed by atoms with E-state index in [1.165, 1.54) is 4.90 Å². The third-order valence-electron chi connectivity index (χ3n) is 3.28. The SMILES string of the molecule is COc1cccc(C(=O)N(c2ccccn2)c2ccccn2)c1. The Morgan fingerprint density at radius 2 is 1.57 bits per heavy atom. The van der Waals surface area contributed by atoms with Gasteiger partial charge < -0.3 is 4.74 Å². The topological polar surface area (TPSA) is 55.3 Å². The van der Waals surface area contributed by atoms with Crippen molar-refractivity contribution in [3.8, 4) is 5.75 Å². The molecule has 3 aromatic rings. The number of aromatic nitrogens is 2. The Morgan fingerprint density at radius 3 is 2.09 bits per heavy atom. The van der Waals surface area contributed by atoms with Crippen molar-refractivity contribution in [2.24, 2.45) is 0 Å². The molecule has 5 heteroatoms. The zero-order valence-electron chi connectivity index (χ0n) is 12.6. The lowest BCUT2D eigenvalue weighted by Crippen LogP contribution is -2.27. The molecule has 0 saturated carbocycles. The number of anilines is 2. The number of hydrogen-bond acceptors (Lipinski definition) is 4. The van der Waals surface area contributed by atoms with Crippen LogP contribution in [-0.4, -0.2) is 23.0 Å². The van der Waals surface area contributed by atoms with Gasteiger partial charge in [0.1, 0.15) is 17.4 Å². The quantitative estimate of drug-likeness (QED) is 0.740. The molecule has 5 nitrogen and oxygen atoms in total. The van der Waals surface area contributed by atoms with Crippen molar-refractivity contribution in [2.45, 2.75) is 0 Å². The Hall–Kier alpha value is -3.21. The molecule has 0 aliphatic heterocycles. The number of nitrogens with zero attached hydrogens (tertiary/aromatic N) is 3. The van der Waals surface area contributed by atoms with Crippen molar-refractivity contribution >= 4 is 17.5 Å². The molecule has 114 valence electrons. The third-order valence-corrected chi connectivity index (χ3v) is 3.28. The summed E-state index contributed by atoms with van der Waals surface area (Å²) in [6.07, 6.45) is 3.29. The number of methoxy groups -OCH3 is 1. The van der Waals surface area contributed by atoms with Crippen LogP contribution in [-0.2, 0) is 0 Å². The van der Waals surface area contributed by atoms with Crippen molar-refractivity contribution in [2.75, 3.05) is 12.0 Å². The van der Waals surface area contributed by atoms with E-state index >= 15 is 0 Å². The Morgan fingerprint density at radius 1 is 0.913 bits per heavy atom. The molecule has 0 saturated heterocycles. The van der Waals surface area contributed by atoms with Gasteiger partial charge in [-0.3, -0.25) is 4.79 Å². The van der Waals surface area contributed by atoms with Gasteiger partial charge in [-0.25, -0.2) is 14.9 Å². The molecule has 1 aromatic carbocycles. The predicted molar refractivity (Wildman–Crippen MR) is 87.9 cm³/mol. The van der Waals surface area contributed by atoms with Crippen LogP contribution in [0.4, 0.5) is 11.6 Å². The molecule has 2 aromatic heterocycles. The predicted octanol–water partition coefficient (Wildman–Crippen LogP) is 3.46. The molecule has 0 aliphatic carbocycles. The van der Waals surface area contributed by atoms with Crippen LogP contribution in [0.25, 0.3) is 0 Å². The monoisotopic (exact) mass is 305 g/mol. The molecular formula is C18H15N3O2. The fourth-order valence-corrected chi connectivity index (χ4v) is 2.18. The second-order valence-corrected chi connectivity index (χ2v) is 4.75. The molecular weight excluding hydrogens is 290 g/mol. The molecule has 0 N–H and O–H groups in total. The van der Waals surface area contributed by atoms with Crippen molar-refractivity contribution in [3.63, 3.8) is 0 Å². The summed E-state index contributed by atoms with van der Waals surface area (Å²) in [5.74, 6) is 1.43. The minimum Gasteiger partial charge on any atom is -0.497 e. The molecule has 0 radical (unpaired) electrons. The summed E-state index contributed by atoms with van der Waals surface area (Å²) < 4.78 is 5.19. The zero-order valence-corrected chi connectivity index (χ0v) is 12.6. The summed E-state index contributed by atoms with van der Waals surface area (Å²) >= 11 is 0. The second kappa shape index (κ2) is 6.70. The van der Waals surface area contributed by atoms with Crippen molar-refractivity contribution in [1.29, 1.82) is 0 Å². The summed E-state index contributed by atoms with van der Waals surface area (Å²) in [4.78, 5) is 23.0. The first-order valence-electron chi connectivity index (χ1n) is 7.10. The molecule has 0 fully saturated rings. The van der Waals surface area contributed by atoms with Gasteiger partial charge in [0.15, 0.2) is 0 Å². The van der Waals surface area contributed by atoms with Gasteiger partial charge in [-0.2, -0.15) is 0 Å². The Kier molecular flexibility index (Phi) is 4.29. The highest BCUT2D eigenvalue weighted by Crippen LogP contribution is 2.24. The summed E-state index contributed by atoms with van der Waals surface area (Å²) in [6.45, 7) is 0. The Labute approximate surface area is 134 Å². The highest BCUT2D eigenvalue weighted by atomic mass is 16.5. The fraction of sp³-hybridized carbons (Fsp3) is 0.0556. The molecule has 2 heterocycles. The van der Waals surface area contributed by atoms with Crippen molar-refractivity contribution < 1.29 is 9.53 Å². The molecule has 0 unspecified atom stereocenters. The highest BCUT2D eigenvalue weighted by molar-refractivity contribution is 6.09. The first kappa shape index (κ1) is 14.7. The van der Waals surface area contributed by atoms with Gasteiger partial charge in [-0.1, -0.05) is 18.2 Å². The van der Waals surface area contributed by atoms with Crippen LogP contribution in [0.2, 0.25) is 0 Å². The van der Waals surface area contributed by atoms with Gasteiger partial charge >= 0.3 is 0 Å². The normalized spacial score (nSPS) is 10.1. The maximum atomic E-state index is 13.0. The standard InChI is InChI=1S/C18H15N3O2/c1-23-15-8-6-7-14(13-15)18(22)21(16-9-2-4-11-19-16)17-10-3-5-12-20-17/h2-13H,1H3. The van der Waals surface area contributed by atoms with E-state index in [1.54, 1.807) is 68.0 Å². The van der Waals surface area contributed by atoms with Crippen LogP contribution in [0.5, 0.6) is 5.75 Å². The van der Waals surface area contributed by atoms with Gasteiger partial charge in [0.05, 0.1) is 7.11 Å². The maximum Gasteiger partial charge on any atom is 0.265 e. The van der Waals surface area contributed by atoms with E-state index < -0.39 is 0 Å². The molecule has 1 amide bonds. The number of hydrogen-bond donors (Lipinski definition) is 0. The van der Waals surface area contributed by atoms with Crippen LogP contribution >= 0.6 is 0 Å². The lowest BCUT2D eigenvalue weighted by atomic mass is 10.2. The summed E-state index contributed by atoms with van der Waals surface area (Å²) in [5, 5.41) is 0. The van der Waals surface area contributed by atoms with Gasteiger partial charge in [-0.15, -0.1) is 0 Å². The van der Waals surface area contributed by atoms with Gasteiger partial charge in [0.25, 0.3) is 5.91 Å². The van der Waals surface area contributed by atoms with Crippen LogP contribution in [0.15, 0.2) is 73.1 Å². The smallest absolute Gasteiger partial charge is 0.265 e. The maximum absolute atomic E-state index is 13.0. The van der Waals surface area contributed by atoms with Gasteiger partial charge in [-0.05, 0) is 42.5 Å². The Bertz CT molecular complexity index is 752. The number of benzene rings is 1. The molecule has 0 atom stereocenters. The number of pyridine rings is 2. The number of amides is 1. The van der Waals surface area contributed by atoms with E-state index in [4.69, 9.17) is 4.74 Å². The molecule has 23 heavy (non-hydrogen) atoms. The summed E-state index contributed by atoms with van der Waals surface area (Å²) in [7, 11) is 1.57. The van der Waals surface area contributed by atoms with E-state index in [9.17, 15) is 4.79 Å². The lowest BCUT2D eigenvalue weighted by molar-refractivity contribution is 0.0997. The second-order valence-electron chi connectivity index (χ2n) is 4.75. The molecule has 0 bridgehead atoms. The van der Waals surface area contributed by atoms with E-state index in [0.29, 0.717) is 22.9 Å². The minimum atomic E-state index is -0.221. The minimum absolute atomic E-state index is 0.221. The first-order chi connectivity index (χ1) is 11.3. The number of carbonyl (C=O) groups excluding carboxylic acids is 1. The Balaban J connectivity index is 2.06. The zero-order chi connectivity index (χ0) is 16.1. The fourth-order valence-electron chi connectivity index (χ4n) is 2.18. The largest absolute Gasteiger partial charge is 0.497 e.